The van der Waals surface area contributed by atoms with Gasteiger partial charge in [0.1, 0.15) is 0 Å². The molecule has 2 fully saturated rings. The third kappa shape index (κ3) is 37.5. The van der Waals surface area contributed by atoms with Gasteiger partial charge >= 0.3 is 24.1 Å². The molecular formula is C69H128F3NO10. The number of carbonyl (C=O) groups is 3. The van der Waals surface area contributed by atoms with E-state index in [4.69, 9.17) is 33.2 Å². The Hall–Kier alpha value is -2.00. The second-order valence-corrected chi connectivity index (χ2v) is 26.3. The minimum absolute atomic E-state index is 0.0123. The Morgan fingerprint density at radius 2 is 0.843 bits per heavy atom. The third-order valence-corrected chi connectivity index (χ3v) is 18.0. The second kappa shape index (κ2) is 47.1. The van der Waals surface area contributed by atoms with E-state index in [9.17, 15) is 27.6 Å². The molecule has 2 aliphatic carbocycles. The summed E-state index contributed by atoms with van der Waals surface area (Å²) >= 11 is 0. The fourth-order valence-electron chi connectivity index (χ4n) is 13.8. The Balaban J connectivity index is 2.13. The van der Waals surface area contributed by atoms with E-state index in [1.54, 1.807) is 0 Å². The van der Waals surface area contributed by atoms with E-state index in [0.29, 0.717) is 51.6 Å². The van der Waals surface area contributed by atoms with E-state index in [1.165, 1.54) is 51.4 Å². The van der Waals surface area contributed by atoms with E-state index in [2.05, 4.69) is 60.3 Å². The first-order valence-electron chi connectivity index (χ1n) is 34.7. The summed E-state index contributed by atoms with van der Waals surface area (Å²) in [6, 6.07) is 0. The van der Waals surface area contributed by atoms with E-state index in [0.717, 1.165) is 193 Å². The molecule has 0 aliphatic heterocycles. The highest BCUT2D eigenvalue weighted by Gasteiger charge is 2.53. The summed E-state index contributed by atoms with van der Waals surface area (Å²) in [6.07, 6.45) is 30.8. The van der Waals surface area contributed by atoms with Crippen molar-refractivity contribution in [3.05, 3.63) is 0 Å². The molecule has 5 unspecified atom stereocenters. The molecule has 0 saturated heterocycles. The highest BCUT2D eigenvalue weighted by atomic mass is 19.4. The normalized spacial score (nSPS) is 20.4. The van der Waals surface area contributed by atoms with Crippen LogP contribution >= 0.6 is 0 Å². The summed E-state index contributed by atoms with van der Waals surface area (Å²) in [6.45, 7) is 23.0. The zero-order valence-electron chi connectivity index (χ0n) is 54.8. The van der Waals surface area contributed by atoms with Gasteiger partial charge in [-0.1, -0.05) is 184 Å². The SMILES string of the molecule is CCCCCCCCOC(CCC(=O)OCCCC1(C)CC2CC(C)(CCCOC(=O)CCCN(CC)CC)CC(CCCOC(=O)C(CC(OCCCCCCCC)OCCCCCCCC)C(F)(F)F)(C2)C1)OCCCCCCCC. The van der Waals surface area contributed by atoms with Crippen LogP contribution in [0.3, 0.4) is 0 Å². The average molecular weight is 1190 g/mol. The van der Waals surface area contributed by atoms with Crippen LogP contribution < -0.4 is 0 Å². The molecule has 0 amide bonds. The fraction of sp³-hybridized carbons (Fsp3) is 0.957. The largest absolute Gasteiger partial charge is 0.466 e. The number of unbranched alkanes of at least 4 members (excludes halogenated alkanes) is 20. The summed E-state index contributed by atoms with van der Waals surface area (Å²) in [5.41, 5.74) is -0.158. The summed E-state index contributed by atoms with van der Waals surface area (Å²) in [5, 5.41) is 0. The monoisotopic (exact) mass is 1190 g/mol. The lowest BCUT2D eigenvalue weighted by Gasteiger charge is -2.58. The van der Waals surface area contributed by atoms with E-state index in [1.807, 2.05) is 0 Å². The molecule has 2 aliphatic rings. The molecular weight excluding hydrogens is 1060 g/mol. The minimum Gasteiger partial charge on any atom is -0.466 e. The van der Waals surface area contributed by atoms with Gasteiger partial charge in [0.15, 0.2) is 18.5 Å². The lowest BCUT2D eigenvalue weighted by atomic mass is 9.47. The standard InChI is InChI=1S/C69H128F3NO10/c1-9-15-19-23-27-31-46-79-63(80-47-32-28-24-20-16-10-2)41-40-62(75)78-51-37-43-67(8)55-59-54-66(7,42-36-50-77-61(74)39-35-45-73(13-5)14-6)57-68(56-59,58-67)44-38-52-83-65(76)60(69(70,71)72)53-64(81-48-33-29-25-21-17-11-3)82-49-34-30-26-22-18-12-4/h59-60,63-64H,9-58H2,1-8H3. The Labute approximate surface area is 506 Å². The Kier molecular flexibility index (Phi) is 43.7. The van der Waals surface area contributed by atoms with Crippen molar-refractivity contribution < 1.29 is 60.7 Å². The van der Waals surface area contributed by atoms with Crippen molar-refractivity contribution in [1.82, 2.24) is 4.90 Å². The molecule has 14 heteroatoms. The topological polar surface area (TPSA) is 119 Å². The van der Waals surface area contributed by atoms with Crippen molar-refractivity contribution >= 4 is 17.9 Å². The molecule has 2 bridgehead atoms. The van der Waals surface area contributed by atoms with Crippen LogP contribution in [-0.2, 0) is 47.5 Å². The number of carbonyl (C=O) groups excluding carboxylic acids is 3. The number of alkyl halides is 3. The fourth-order valence-corrected chi connectivity index (χ4v) is 13.8. The van der Waals surface area contributed by atoms with Gasteiger partial charge in [-0.25, -0.2) is 0 Å². The van der Waals surface area contributed by atoms with Crippen LogP contribution in [0.2, 0.25) is 0 Å². The molecule has 0 spiro atoms. The van der Waals surface area contributed by atoms with Gasteiger partial charge in [-0.2, -0.15) is 13.2 Å². The van der Waals surface area contributed by atoms with Crippen LogP contribution in [0.4, 0.5) is 13.2 Å². The van der Waals surface area contributed by atoms with Crippen LogP contribution in [0.5, 0.6) is 0 Å². The lowest BCUT2D eigenvalue weighted by molar-refractivity contribution is -0.222. The van der Waals surface area contributed by atoms with Crippen LogP contribution in [0.15, 0.2) is 0 Å². The van der Waals surface area contributed by atoms with Crippen LogP contribution in [0, 0.1) is 28.1 Å². The van der Waals surface area contributed by atoms with Gasteiger partial charge in [0.2, 0.25) is 0 Å². The Morgan fingerprint density at radius 1 is 0.458 bits per heavy atom. The molecule has 0 aromatic carbocycles. The zero-order valence-corrected chi connectivity index (χ0v) is 54.8. The van der Waals surface area contributed by atoms with Crippen molar-refractivity contribution in [2.45, 2.75) is 331 Å². The summed E-state index contributed by atoms with van der Waals surface area (Å²) in [5.74, 6) is -3.56. The first-order chi connectivity index (χ1) is 40.0. The van der Waals surface area contributed by atoms with Crippen LogP contribution in [0.25, 0.3) is 0 Å². The van der Waals surface area contributed by atoms with E-state index in [-0.39, 0.29) is 54.4 Å². The Morgan fingerprint density at radius 3 is 1.27 bits per heavy atom. The van der Waals surface area contributed by atoms with Crippen molar-refractivity contribution in [2.24, 2.45) is 28.1 Å². The minimum atomic E-state index is -4.82. The maximum absolute atomic E-state index is 14.8. The maximum Gasteiger partial charge on any atom is 0.402 e. The highest BCUT2D eigenvalue weighted by molar-refractivity contribution is 5.73. The van der Waals surface area contributed by atoms with E-state index >= 15 is 0 Å². The Bertz CT molecular complexity index is 1570. The number of esters is 3. The number of ether oxygens (including phenoxy) is 7. The van der Waals surface area contributed by atoms with Crippen LogP contribution in [-0.4, -0.2) is 107 Å². The number of nitrogens with zero attached hydrogens (tertiary/aromatic N) is 1. The number of halogens is 3. The maximum atomic E-state index is 14.8. The van der Waals surface area contributed by atoms with E-state index < -0.39 is 37.1 Å². The predicted octanol–water partition coefficient (Wildman–Crippen LogP) is 19.2. The van der Waals surface area contributed by atoms with Crippen molar-refractivity contribution in [3.63, 3.8) is 0 Å². The van der Waals surface area contributed by atoms with Gasteiger partial charge in [0, 0.05) is 45.7 Å². The molecule has 0 radical (unpaired) electrons. The molecule has 11 nitrogen and oxygen atoms in total. The number of rotatable bonds is 56. The first kappa shape index (κ1) is 77.1. The van der Waals surface area contributed by atoms with Gasteiger partial charge in [-0.3, -0.25) is 14.4 Å². The first-order valence-corrected chi connectivity index (χ1v) is 34.7. The third-order valence-electron chi connectivity index (χ3n) is 18.0. The number of hydrogen-bond donors (Lipinski definition) is 0. The van der Waals surface area contributed by atoms with Gasteiger partial charge in [-0.15, -0.1) is 0 Å². The predicted molar refractivity (Wildman–Crippen MR) is 331 cm³/mol. The molecule has 0 heterocycles. The van der Waals surface area contributed by atoms with Crippen molar-refractivity contribution in [3.8, 4) is 0 Å². The molecule has 2 rings (SSSR count). The molecule has 0 N–H and O–H groups in total. The highest BCUT2D eigenvalue weighted by Crippen LogP contribution is 2.64. The molecule has 0 aromatic rings. The average Bonchev–Trinajstić information content (AvgIpc) is 1.63. The smallest absolute Gasteiger partial charge is 0.402 e. The van der Waals surface area contributed by atoms with Gasteiger partial charge < -0.3 is 38.1 Å². The summed E-state index contributed by atoms with van der Waals surface area (Å²) in [7, 11) is 0. The summed E-state index contributed by atoms with van der Waals surface area (Å²) in [4.78, 5) is 41.8. The molecule has 490 valence electrons. The van der Waals surface area contributed by atoms with Crippen molar-refractivity contribution in [2.75, 3.05) is 65.9 Å². The summed E-state index contributed by atoms with van der Waals surface area (Å²) < 4.78 is 86.0. The van der Waals surface area contributed by atoms with Gasteiger partial charge in [0.25, 0.3) is 0 Å². The zero-order chi connectivity index (χ0) is 60.9. The number of fused-ring (bicyclic) bond motifs is 2. The van der Waals surface area contributed by atoms with Crippen LogP contribution in [0.1, 0.15) is 312 Å². The molecule has 5 atom stereocenters. The number of hydrogen-bond acceptors (Lipinski definition) is 11. The van der Waals surface area contributed by atoms with Gasteiger partial charge in [0.05, 0.1) is 26.2 Å². The molecule has 2 saturated carbocycles. The van der Waals surface area contributed by atoms with Crippen molar-refractivity contribution in [1.29, 1.82) is 0 Å². The molecule has 83 heavy (non-hydrogen) atoms. The van der Waals surface area contributed by atoms with Gasteiger partial charge in [-0.05, 0) is 145 Å². The second-order valence-electron chi connectivity index (χ2n) is 26.3. The quantitative estimate of drug-likeness (QED) is 0.0251. The lowest BCUT2D eigenvalue weighted by Crippen LogP contribution is -2.47. The molecule has 0 aromatic heterocycles.